The second-order valence-electron chi connectivity index (χ2n) is 6.66. The number of rotatable bonds is 4. The fourth-order valence-corrected chi connectivity index (χ4v) is 4.43. The molecular weight excluding hydrogens is 548 g/mol. The smallest absolute Gasteiger partial charge is 0.268 e. The number of hydrogen-bond acceptors (Lipinski definition) is 10. The zero-order chi connectivity index (χ0) is 24.8. The van der Waals surface area contributed by atoms with Crippen LogP contribution < -0.4 is 26.1 Å². The van der Waals surface area contributed by atoms with Crippen LogP contribution in [-0.2, 0) is 36.6 Å². The Balaban J connectivity index is -0.0000000786. The van der Waals surface area contributed by atoms with Gasteiger partial charge >= 0.3 is 0 Å². The van der Waals surface area contributed by atoms with Crippen LogP contribution in [-0.4, -0.2) is 76.1 Å². The van der Waals surface area contributed by atoms with Gasteiger partial charge < -0.3 is 38.4 Å². The van der Waals surface area contributed by atoms with Crippen LogP contribution in [0.5, 0.6) is 0 Å². The molecule has 5 unspecified atom stereocenters. The second kappa shape index (κ2) is 23.3. The molecule has 0 saturated carbocycles. The monoisotopic (exact) mass is 597 g/mol. The van der Waals surface area contributed by atoms with Crippen molar-refractivity contribution in [2.24, 2.45) is 11.0 Å². The van der Waals surface area contributed by atoms with Crippen molar-refractivity contribution in [2.75, 3.05) is 53.0 Å². The van der Waals surface area contributed by atoms with Gasteiger partial charge in [-0.1, -0.05) is 22.3 Å². The molecule has 15 nitrogen and oxygen atoms in total. The molecule has 35 heavy (non-hydrogen) atoms. The summed E-state index contributed by atoms with van der Waals surface area (Å²) in [6.45, 7) is 7.32. The highest BCUT2D eigenvalue weighted by molar-refractivity contribution is 7.56. The first-order valence-electron chi connectivity index (χ1n) is 9.03. The van der Waals surface area contributed by atoms with Crippen LogP contribution in [0.15, 0.2) is 0 Å². The quantitative estimate of drug-likeness (QED) is 0.175. The Bertz CT molecular complexity index is 685. The number of hydrogen-bond donors (Lipinski definition) is 5. The van der Waals surface area contributed by atoms with Gasteiger partial charge in [-0.05, 0) is 13.1 Å². The first-order valence-corrected chi connectivity index (χ1v) is 17.5. The Morgan fingerprint density at radius 2 is 1.57 bits per heavy atom. The second-order valence-corrected chi connectivity index (χ2v) is 15.0. The van der Waals surface area contributed by atoms with Crippen molar-refractivity contribution in [1.82, 2.24) is 10.2 Å². The van der Waals surface area contributed by atoms with Crippen LogP contribution in [0.25, 0.3) is 0 Å². The molecule has 2 fully saturated rings. The molecule has 0 spiro atoms. The van der Waals surface area contributed by atoms with Gasteiger partial charge in [-0.3, -0.25) is 24.7 Å². The maximum absolute atomic E-state index is 11.0. The molecular formula is C16H49N4O11P4-. The highest BCUT2D eigenvalue weighted by Gasteiger charge is 2.24. The Morgan fingerprint density at radius 1 is 1.11 bits per heavy atom. The minimum absolute atomic E-state index is 0. The van der Waals surface area contributed by atoms with Gasteiger partial charge in [-0.25, -0.2) is 10.2 Å². The van der Waals surface area contributed by atoms with Crippen LogP contribution in [0.4, 0.5) is 0 Å². The van der Waals surface area contributed by atoms with Gasteiger partial charge in [0.05, 0.1) is 27.3 Å². The van der Waals surface area contributed by atoms with Crippen LogP contribution in [0.1, 0.15) is 41.5 Å². The number of carbonyl (C=O) groups excluding carboxylic acids is 1. The molecule has 0 radical (unpaired) electrons. The van der Waals surface area contributed by atoms with E-state index in [2.05, 4.69) is 20.2 Å². The predicted octanol–water partition coefficient (Wildman–Crippen LogP) is 1.54. The third-order valence-corrected chi connectivity index (χ3v) is 6.36. The minimum atomic E-state index is -3.39. The summed E-state index contributed by atoms with van der Waals surface area (Å²) in [7, 11) is -11.2. The fraction of sp³-hybridized carbons (Fsp3) is 0.938. The normalized spacial score (nSPS) is 27.9. The van der Waals surface area contributed by atoms with Crippen molar-refractivity contribution in [3.05, 3.63) is 0 Å². The predicted molar refractivity (Wildman–Crippen MR) is 141 cm³/mol. The van der Waals surface area contributed by atoms with E-state index in [1.165, 1.54) is 13.3 Å². The molecule has 2 aliphatic heterocycles. The summed E-state index contributed by atoms with van der Waals surface area (Å²) in [5.41, 5.74) is 9.35. The fourth-order valence-electron chi connectivity index (χ4n) is 1.63. The van der Waals surface area contributed by atoms with Gasteiger partial charge in [0.1, 0.15) is 12.5 Å². The lowest BCUT2D eigenvalue weighted by molar-refractivity contribution is -0.173. The van der Waals surface area contributed by atoms with Gasteiger partial charge in [0.25, 0.3) is 22.6 Å². The molecule has 0 aromatic heterocycles. The third kappa shape index (κ3) is 44.6. The number of aliphatic hydroxyl groups excluding tert-OH is 1. The number of nitrogens with one attached hydrogen (secondary N) is 2. The number of aldehydes is 1. The Morgan fingerprint density at radius 3 is 1.80 bits per heavy atom. The Kier molecular flexibility index (Phi) is 32.2. The van der Waals surface area contributed by atoms with E-state index in [0.717, 1.165) is 19.6 Å². The number of nitrogens with two attached hydrogens (primary N) is 2. The first kappa shape index (κ1) is 48.3. The van der Waals surface area contributed by atoms with Crippen molar-refractivity contribution in [2.45, 2.75) is 47.8 Å². The van der Waals surface area contributed by atoms with Crippen LogP contribution in [0, 0.1) is 0 Å². The van der Waals surface area contributed by atoms with Gasteiger partial charge in [0.2, 0.25) is 0 Å². The summed E-state index contributed by atoms with van der Waals surface area (Å²) in [4.78, 5) is 19.1. The van der Waals surface area contributed by atoms with E-state index in [1.54, 1.807) is 6.66 Å². The van der Waals surface area contributed by atoms with Gasteiger partial charge in [0.15, 0.2) is 0 Å². The molecule has 0 aromatic carbocycles. The molecule has 19 heteroatoms. The molecule has 2 saturated heterocycles. The van der Waals surface area contributed by atoms with Crippen LogP contribution >= 0.6 is 30.1 Å². The third-order valence-electron chi connectivity index (χ3n) is 2.75. The maximum atomic E-state index is 11.0. The van der Waals surface area contributed by atoms with Crippen molar-refractivity contribution >= 4 is 36.4 Å². The summed E-state index contributed by atoms with van der Waals surface area (Å²) in [6.07, 6.45) is 1.76. The van der Waals surface area contributed by atoms with Crippen molar-refractivity contribution < 1.29 is 52.1 Å². The molecule has 0 aromatic rings. The first-order chi connectivity index (χ1) is 13.9. The molecule has 0 aliphatic carbocycles. The van der Waals surface area contributed by atoms with E-state index in [9.17, 15) is 27.9 Å². The lowest BCUT2D eigenvalue weighted by Gasteiger charge is -2.24. The van der Waals surface area contributed by atoms with Crippen molar-refractivity contribution in [3.63, 3.8) is 0 Å². The highest BCUT2D eigenvalue weighted by Crippen LogP contribution is 2.40. The molecule has 2 aliphatic rings. The molecule has 2 heterocycles. The Labute approximate surface area is 210 Å². The molecule has 2 rings (SSSR count). The van der Waals surface area contributed by atoms with E-state index in [4.69, 9.17) is 19.7 Å². The zero-order valence-electron chi connectivity index (χ0n) is 18.7. The van der Waals surface area contributed by atoms with E-state index in [0.29, 0.717) is 25.9 Å². The largest absolute Gasteiger partial charge is 0.788 e. The molecule has 0 amide bonds. The van der Waals surface area contributed by atoms with E-state index >= 15 is 0 Å². The highest BCUT2D eigenvalue weighted by atomic mass is 31.2. The molecule has 5 atom stereocenters. The molecule has 0 bridgehead atoms. The van der Waals surface area contributed by atoms with Crippen molar-refractivity contribution in [3.8, 4) is 0 Å². The summed E-state index contributed by atoms with van der Waals surface area (Å²) < 4.78 is 56.1. The van der Waals surface area contributed by atoms with E-state index in [-0.39, 0.29) is 40.8 Å². The standard InChI is InChI=1S/2C4H10NO3P.C4H10NO2P.CH6NO2P.3CH4.H2O/c1-9(7)5-4(6)2-3-8-9;1-9(5,7)8-4-2-3-6;1-8(6)5-3-2-4-7-8;1-5(2,3)4;;;;/h4,6H,2-3H2,1H3,(H,5,7);3H,2,4H2,1H3,(H2,5,7);2-4H2,1H3,(H,5,6);1H3,(H3,2,3,4);3*1H4;1H2/p-1. The molecule has 9 N–H and O–H groups in total. The summed E-state index contributed by atoms with van der Waals surface area (Å²) in [5, 5.41) is 14.1. The van der Waals surface area contributed by atoms with Gasteiger partial charge in [-0.2, -0.15) is 0 Å². The zero-order valence-corrected chi connectivity index (χ0v) is 22.2. The molecule has 220 valence electrons. The van der Waals surface area contributed by atoms with E-state index < -0.39 is 36.3 Å². The van der Waals surface area contributed by atoms with Gasteiger partial charge in [-0.15, -0.1) is 0 Å². The van der Waals surface area contributed by atoms with Crippen LogP contribution in [0.2, 0.25) is 0 Å². The SMILES string of the molecule is C.C.C.CP(N)(=O)OCCC=O.CP(N)(=O)[O-].CP1(=O)NC(O)CCO1.CP1(=O)NCCCO1.O. The van der Waals surface area contributed by atoms with Gasteiger partial charge in [0, 0.05) is 39.4 Å². The number of aliphatic hydroxyl groups is 1. The summed E-state index contributed by atoms with van der Waals surface area (Å²) in [6, 6.07) is 0. The van der Waals surface area contributed by atoms with Crippen LogP contribution in [0.3, 0.4) is 0 Å². The lowest BCUT2D eigenvalue weighted by Crippen LogP contribution is -2.32. The lowest BCUT2D eigenvalue weighted by atomic mass is 10.4. The minimum Gasteiger partial charge on any atom is -0.788 e. The average molecular weight is 597 g/mol. The maximum Gasteiger partial charge on any atom is 0.268 e. The summed E-state index contributed by atoms with van der Waals surface area (Å²) >= 11 is 0. The number of carbonyl (C=O) groups is 1. The topological polar surface area (TPSA) is 264 Å². The van der Waals surface area contributed by atoms with Crippen molar-refractivity contribution in [1.29, 1.82) is 0 Å². The average Bonchev–Trinajstić information content (AvgIpc) is 2.52. The van der Waals surface area contributed by atoms with E-state index in [1.807, 2.05) is 0 Å². The summed E-state index contributed by atoms with van der Waals surface area (Å²) in [5.74, 6) is 0. The Hall–Kier alpha value is 0.190.